The van der Waals surface area contributed by atoms with Crippen LogP contribution in [0.3, 0.4) is 0 Å². The van der Waals surface area contributed by atoms with E-state index < -0.39 is 12.3 Å². The predicted octanol–water partition coefficient (Wildman–Crippen LogP) is 1.00. The molecule has 1 aromatic carbocycles. The normalized spacial score (nSPS) is 18.9. The van der Waals surface area contributed by atoms with Crippen molar-refractivity contribution in [2.24, 2.45) is 5.73 Å². The molecule has 1 aliphatic heterocycles. The van der Waals surface area contributed by atoms with Crippen LogP contribution in [0.5, 0.6) is 11.5 Å². The van der Waals surface area contributed by atoms with Crippen molar-refractivity contribution in [2.75, 3.05) is 6.61 Å². The van der Waals surface area contributed by atoms with Crippen LogP contribution in [0.1, 0.15) is 11.6 Å². The molecule has 3 N–H and O–H groups in total. The average Bonchev–Trinajstić information content (AvgIpc) is 2.49. The Kier molecular flexibility index (Phi) is 2.24. The molecule has 0 radical (unpaired) electrons. The molecule has 0 spiro atoms. The molecule has 0 aliphatic carbocycles. The van der Waals surface area contributed by atoms with Gasteiger partial charge in [-0.3, -0.25) is 0 Å². The molecule has 0 aromatic heterocycles. The Bertz CT molecular complexity index is 384. The average molecular weight is 217 g/mol. The number of hydrogen-bond acceptors (Lipinski definition) is 4. The van der Waals surface area contributed by atoms with E-state index in [0.29, 0.717) is 5.56 Å². The van der Waals surface area contributed by atoms with Gasteiger partial charge in [-0.2, -0.15) is 0 Å². The van der Waals surface area contributed by atoms with Gasteiger partial charge in [-0.05, 0) is 17.7 Å². The first-order valence-corrected chi connectivity index (χ1v) is 4.28. The Hall–Kier alpha value is -1.40. The molecule has 82 valence electrons. The van der Waals surface area contributed by atoms with Crippen LogP contribution < -0.4 is 15.2 Å². The number of benzene rings is 1. The second-order valence-electron chi connectivity index (χ2n) is 3.16. The summed E-state index contributed by atoms with van der Waals surface area (Å²) in [5, 5.41) is 8.79. The molecule has 0 fully saturated rings. The number of halogens is 2. The predicted molar refractivity (Wildman–Crippen MR) is 46.7 cm³/mol. The second-order valence-corrected chi connectivity index (χ2v) is 3.16. The van der Waals surface area contributed by atoms with E-state index >= 15 is 0 Å². The lowest BCUT2D eigenvalue weighted by Crippen LogP contribution is -2.25. The summed E-state index contributed by atoms with van der Waals surface area (Å²) in [5.74, 6) is -0.102. The third-order valence-corrected chi connectivity index (χ3v) is 2.05. The molecule has 15 heavy (non-hydrogen) atoms. The van der Waals surface area contributed by atoms with Crippen LogP contribution in [0.2, 0.25) is 0 Å². The number of rotatable bonds is 2. The number of hydrogen-bond donors (Lipinski definition) is 2. The molecular formula is C9H9F2NO3. The first-order valence-electron chi connectivity index (χ1n) is 4.28. The van der Waals surface area contributed by atoms with Crippen LogP contribution in [0, 0.1) is 0 Å². The fourth-order valence-corrected chi connectivity index (χ4v) is 1.30. The summed E-state index contributed by atoms with van der Waals surface area (Å²) in [6.07, 6.45) is -3.62. The van der Waals surface area contributed by atoms with Crippen molar-refractivity contribution in [3.63, 3.8) is 0 Å². The van der Waals surface area contributed by atoms with Crippen LogP contribution in [-0.4, -0.2) is 18.0 Å². The number of aliphatic hydroxyl groups excluding tert-OH is 1. The van der Waals surface area contributed by atoms with Crippen molar-refractivity contribution < 1.29 is 23.4 Å². The van der Waals surface area contributed by atoms with E-state index in [0.717, 1.165) is 0 Å². The molecule has 1 unspecified atom stereocenters. The largest absolute Gasteiger partial charge is 0.586 e. The highest BCUT2D eigenvalue weighted by Gasteiger charge is 2.43. The lowest BCUT2D eigenvalue weighted by atomic mass is 10.1. The molecule has 1 heterocycles. The SMILES string of the molecule is NC(CO)c1ccc2c(c1)OC(F)(F)O2. The zero-order valence-corrected chi connectivity index (χ0v) is 7.61. The van der Waals surface area contributed by atoms with E-state index in [2.05, 4.69) is 9.47 Å². The summed E-state index contributed by atoms with van der Waals surface area (Å²) in [6.45, 7) is -0.268. The van der Waals surface area contributed by atoms with Gasteiger partial charge >= 0.3 is 6.29 Å². The molecular weight excluding hydrogens is 208 g/mol. The summed E-state index contributed by atoms with van der Waals surface area (Å²) < 4.78 is 33.7. The molecule has 0 saturated carbocycles. The topological polar surface area (TPSA) is 64.7 Å². The highest BCUT2D eigenvalue weighted by Crippen LogP contribution is 2.41. The number of alkyl halides is 2. The number of nitrogens with two attached hydrogens (primary N) is 1. The highest BCUT2D eigenvalue weighted by molar-refractivity contribution is 5.45. The third kappa shape index (κ3) is 1.86. The highest BCUT2D eigenvalue weighted by atomic mass is 19.3. The van der Waals surface area contributed by atoms with Crippen molar-refractivity contribution in [3.05, 3.63) is 23.8 Å². The second kappa shape index (κ2) is 3.32. The summed E-state index contributed by atoms with van der Waals surface area (Å²) in [6, 6.07) is 3.55. The number of ether oxygens (including phenoxy) is 2. The van der Waals surface area contributed by atoms with Gasteiger partial charge in [0.2, 0.25) is 0 Å². The summed E-state index contributed by atoms with van der Waals surface area (Å²) in [5.41, 5.74) is 6.03. The van der Waals surface area contributed by atoms with Crippen LogP contribution in [0.25, 0.3) is 0 Å². The maximum Gasteiger partial charge on any atom is 0.586 e. The van der Waals surface area contributed by atoms with Crippen LogP contribution in [0.4, 0.5) is 8.78 Å². The molecule has 1 aliphatic rings. The summed E-state index contributed by atoms with van der Waals surface area (Å²) in [7, 11) is 0. The minimum atomic E-state index is -3.62. The zero-order chi connectivity index (χ0) is 11.1. The maximum absolute atomic E-state index is 12.6. The van der Waals surface area contributed by atoms with Crippen molar-refractivity contribution in [1.29, 1.82) is 0 Å². The molecule has 2 rings (SSSR count). The van der Waals surface area contributed by atoms with Gasteiger partial charge in [-0.25, -0.2) is 0 Å². The summed E-state index contributed by atoms with van der Waals surface area (Å²) >= 11 is 0. The van der Waals surface area contributed by atoms with Gasteiger partial charge in [-0.1, -0.05) is 6.07 Å². The van der Waals surface area contributed by atoms with Crippen molar-refractivity contribution in [1.82, 2.24) is 0 Å². The quantitative estimate of drug-likeness (QED) is 0.775. The lowest BCUT2D eigenvalue weighted by Gasteiger charge is -2.08. The third-order valence-electron chi connectivity index (χ3n) is 2.05. The van der Waals surface area contributed by atoms with Crippen molar-refractivity contribution >= 4 is 0 Å². The molecule has 1 aromatic rings. The van der Waals surface area contributed by atoms with E-state index in [9.17, 15) is 8.78 Å². The molecule has 4 nitrogen and oxygen atoms in total. The van der Waals surface area contributed by atoms with Crippen LogP contribution in [-0.2, 0) is 0 Å². The van der Waals surface area contributed by atoms with Gasteiger partial charge in [0.05, 0.1) is 12.6 Å². The Morgan fingerprint density at radius 2 is 2.00 bits per heavy atom. The molecule has 0 saturated heterocycles. The monoisotopic (exact) mass is 217 g/mol. The van der Waals surface area contributed by atoms with E-state index in [-0.39, 0.29) is 18.1 Å². The molecule has 0 amide bonds. The molecule has 1 atom stereocenters. The first-order chi connectivity index (χ1) is 7.02. The van der Waals surface area contributed by atoms with Crippen LogP contribution in [0.15, 0.2) is 18.2 Å². The first kappa shape index (κ1) is 10.1. The van der Waals surface area contributed by atoms with Gasteiger partial charge in [0, 0.05) is 0 Å². The van der Waals surface area contributed by atoms with Gasteiger partial charge < -0.3 is 20.3 Å². The van der Waals surface area contributed by atoms with E-state index in [1.807, 2.05) is 0 Å². The smallest absolute Gasteiger partial charge is 0.395 e. The van der Waals surface area contributed by atoms with Crippen molar-refractivity contribution in [2.45, 2.75) is 12.3 Å². The Labute approximate surface area is 84.2 Å². The maximum atomic E-state index is 12.6. The lowest BCUT2D eigenvalue weighted by molar-refractivity contribution is -0.286. The molecule has 0 bridgehead atoms. The summed E-state index contributed by atoms with van der Waals surface area (Å²) in [4.78, 5) is 0. The Morgan fingerprint density at radius 3 is 2.67 bits per heavy atom. The van der Waals surface area contributed by atoms with Gasteiger partial charge in [0.1, 0.15) is 0 Å². The zero-order valence-electron chi connectivity index (χ0n) is 7.61. The standard InChI is InChI=1S/C9H9F2NO3/c10-9(11)14-7-2-1-5(6(12)4-13)3-8(7)15-9/h1-3,6,13H,4,12H2. The van der Waals surface area contributed by atoms with Gasteiger partial charge in [0.15, 0.2) is 11.5 Å². The van der Waals surface area contributed by atoms with Crippen LogP contribution >= 0.6 is 0 Å². The van der Waals surface area contributed by atoms with E-state index in [1.54, 1.807) is 0 Å². The Balaban J connectivity index is 2.30. The van der Waals surface area contributed by atoms with Gasteiger partial charge in [-0.15, -0.1) is 8.78 Å². The number of aliphatic hydroxyl groups is 1. The minimum absolute atomic E-state index is 0.0334. The fraction of sp³-hybridized carbons (Fsp3) is 0.333. The Morgan fingerprint density at radius 1 is 1.33 bits per heavy atom. The number of fused-ring (bicyclic) bond motifs is 1. The fourth-order valence-electron chi connectivity index (χ4n) is 1.30. The molecule has 6 heteroatoms. The minimum Gasteiger partial charge on any atom is -0.395 e. The van der Waals surface area contributed by atoms with E-state index in [1.165, 1.54) is 18.2 Å². The van der Waals surface area contributed by atoms with Crippen molar-refractivity contribution in [3.8, 4) is 11.5 Å². The van der Waals surface area contributed by atoms with E-state index in [4.69, 9.17) is 10.8 Å². The van der Waals surface area contributed by atoms with Gasteiger partial charge in [0.25, 0.3) is 0 Å².